The minimum atomic E-state index is -0.464. The van der Waals surface area contributed by atoms with E-state index in [0.717, 1.165) is 11.3 Å². The molecule has 0 spiro atoms. The van der Waals surface area contributed by atoms with Gasteiger partial charge in [0.05, 0.1) is 11.3 Å². The predicted molar refractivity (Wildman–Crippen MR) is 95.3 cm³/mol. The third kappa shape index (κ3) is 3.23. The van der Waals surface area contributed by atoms with Gasteiger partial charge in [-0.25, -0.2) is 0 Å². The summed E-state index contributed by atoms with van der Waals surface area (Å²) in [5, 5.41) is 19.9. The second kappa shape index (κ2) is 7.14. The van der Waals surface area contributed by atoms with Gasteiger partial charge in [0.25, 0.3) is 5.56 Å². The molecule has 1 heterocycles. The minimum absolute atomic E-state index is 0.0402. The number of nitriles is 1. The maximum absolute atomic E-state index is 12.4. The first-order chi connectivity index (χ1) is 11.4. The van der Waals surface area contributed by atoms with Crippen LogP contribution < -0.4 is 5.56 Å². The lowest BCUT2D eigenvalue weighted by Gasteiger charge is -2.18. The van der Waals surface area contributed by atoms with Crippen molar-refractivity contribution in [1.82, 2.24) is 4.57 Å². The van der Waals surface area contributed by atoms with Gasteiger partial charge in [0, 0.05) is 12.3 Å². The van der Waals surface area contributed by atoms with Gasteiger partial charge < -0.3 is 5.11 Å². The molecule has 0 radical (unpaired) electrons. The molecule has 0 fully saturated rings. The number of hydrogen-bond donors (Lipinski definition) is 1. The van der Waals surface area contributed by atoms with Crippen LogP contribution in [0.15, 0.2) is 34.1 Å². The summed E-state index contributed by atoms with van der Waals surface area (Å²) < 4.78 is 1.27. The van der Waals surface area contributed by atoms with E-state index >= 15 is 0 Å². The highest BCUT2D eigenvalue weighted by Crippen LogP contribution is 2.25. The number of benzene rings is 1. The lowest BCUT2D eigenvalue weighted by atomic mass is 10.0. The molecule has 1 atom stereocenters. The van der Waals surface area contributed by atoms with Crippen molar-refractivity contribution in [3.63, 3.8) is 0 Å². The Labute approximate surface area is 141 Å². The van der Waals surface area contributed by atoms with Crippen molar-refractivity contribution < 1.29 is 5.11 Å². The number of aromatic nitrogens is 1. The molecule has 0 amide bonds. The zero-order valence-corrected chi connectivity index (χ0v) is 14.4. The zero-order valence-electron chi connectivity index (χ0n) is 14.4. The third-order valence-corrected chi connectivity index (χ3v) is 4.20. The zero-order chi connectivity index (χ0) is 17.9. The van der Waals surface area contributed by atoms with Gasteiger partial charge in [-0.1, -0.05) is 24.6 Å². The van der Waals surface area contributed by atoms with Gasteiger partial charge >= 0.3 is 0 Å². The number of pyridine rings is 1. The van der Waals surface area contributed by atoms with Crippen LogP contribution in [0.3, 0.4) is 0 Å². The van der Waals surface area contributed by atoms with E-state index in [1.807, 2.05) is 51.1 Å². The monoisotopic (exact) mass is 323 g/mol. The molecular weight excluding hydrogens is 302 g/mol. The Morgan fingerprint density at radius 3 is 2.50 bits per heavy atom. The first kappa shape index (κ1) is 17.5. The Bertz CT molecular complexity index is 871. The van der Waals surface area contributed by atoms with E-state index in [1.165, 1.54) is 10.8 Å². The summed E-state index contributed by atoms with van der Waals surface area (Å²) in [5.41, 5.74) is 2.28. The van der Waals surface area contributed by atoms with Crippen LogP contribution in [0, 0.1) is 25.2 Å². The van der Waals surface area contributed by atoms with Crippen LogP contribution in [0.25, 0.3) is 0 Å². The van der Waals surface area contributed by atoms with Crippen molar-refractivity contribution >= 4 is 11.9 Å². The van der Waals surface area contributed by atoms with Crippen LogP contribution in [0.2, 0.25) is 0 Å². The molecule has 2 rings (SSSR count). The van der Waals surface area contributed by atoms with Crippen LogP contribution >= 0.6 is 0 Å². The highest BCUT2D eigenvalue weighted by molar-refractivity contribution is 5.87. The van der Waals surface area contributed by atoms with Gasteiger partial charge in [0.2, 0.25) is 5.88 Å². The molecule has 5 nitrogen and oxygen atoms in total. The number of aryl methyl sites for hydroxylation is 1. The van der Waals surface area contributed by atoms with Crippen molar-refractivity contribution in [2.24, 2.45) is 4.99 Å². The molecule has 1 aromatic carbocycles. The highest BCUT2D eigenvalue weighted by atomic mass is 16.3. The molecule has 1 N–H and O–H groups in total. The Balaban J connectivity index is 2.63. The number of nitrogens with zero attached hydrogens (tertiary/aromatic N) is 3. The van der Waals surface area contributed by atoms with Gasteiger partial charge in [-0.05, 0) is 44.9 Å². The van der Waals surface area contributed by atoms with E-state index in [-0.39, 0.29) is 17.5 Å². The molecule has 2 aromatic rings. The average Bonchev–Trinajstić information content (AvgIpc) is 2.56. The molecule has 0 saturated carbocycles. The van der Waals surface area contributed by atoms with Gasteiger partial charge in [-0.3, -0.25) is 14.4 Å². The summed E-state index contributed by atoms with van der Waals surface area (Å²) in [6.45, 7) is 7.39. The molecule has 0 bridgehead atoms. The second-order valence-electron chi connectivity index (χ2n) is 5.88. The van der Waals surface area contributed by atoms with Crippen molar-refractivity contribution in [1.29, 1.82) is 5.26 Å². The first-order valence-corrected chi connectivity index (χ1v) is 7.89. The number of rotatable bonds is 4. The maximum Gasteiger partial charge on any atom is 0.271 e. The van der Waals surface area contributed by atoms with E-state index < -0.39 is 5.56 Å². The van der Waals surface area contributed by atoms with E-state index in [9.17, 15) is 15.2 Å². The van der Waals surface area contributed by atoms with Crippen molar-refractivity contribution in [2.45, 2.75) is 40.2 Å². The van der Waals surface area contributed by atoms with Crippen LogP contribution in [-0.2, 0) is 0 Å². The van der Waals surface area contributed by atoms with Crippen LogP contribution in [0.4, 0.5) is 5.69 Å². The summed E-state index contributed by atoms with van der Waals surface area (Å²) in [5.74, 6) is -0.151. The van der Waals surface area contributed by atoms with Crippen molar-refractivity contribution in [3.05, 3.63) is 56.9 Å². The first-order valence-electron chi connectivity index (χ1n) is 7.89. The van der Waals surface area contributed by atoms with Crippen molar-refractivity contribution in [3.8, 4) is 11.9 Å². The molecule has 5 heteroatoms. The lowest BCUT2D eigenvalue weighted by Crippen LogP contribution is -2.27. The number of aliphatic imine (C=N–C) groups is 1. The lowest BCUT2D eigenvalue weighted by molar-refractivity contribution is 0.372. The Morgan fingerprint density at radius 2 is 1.96 bits per heavy atom. The van der Waals surface area contributed by atoms with Crippen LogP contribution in [0.1, 0.15) is 48.6 Å². The molecular formula is C19H21N3O2. The van der Waals surface area contributed by atoms with E-state index in [4.69, 9.17) is 0 Å². The summed E-state index contributed by atoms with van der Waals surface area (Å²) in [6.07, 6.45) is 2.17. The Hall–Kier alpha value is -2.87. The molecule has 0 aliphatic rings. The largest absolute Gasteiger partial charge is 0.494 e. The average molecular weight is 323 g/mol. The standard InChI is InChI=1S/C19H21N3O2/c1-5-13(3)22-18(23)16(10-20)14(4)17(19(22)24)11-21-15-8-6-12(2)7-9-15/h6-9,11,13,24H,5H2,1-4H3. The fourth-order valence-electron chi connectivity index (χ4n) is 2.46. The number of hydrogen-bond acceptors (Lipinski definition) is 4. The summed E-state index contributed by atoms with van der Waals surface area (Å²) in [7, 11) is 0. The van der Waals surface area contributed by atoms with Gasteiger partial charge in [-0.15, -0.1) is 0 Å². The number of aromatic hydroxyl groups is 1. The SMILES string of the molecule is CCC(C)n1c(O)c(C=Nc2ccc(C)cc2)c(C)c(C#N)c1=O. The topological polar surface area (TPSA) is 78.4 Å². The molecule has 0 saturated heterocycles. The fourth-order valence-corrected chi connectivity index (χ4v) is 2.46. The van der Waals surface area contributed by atoms with Crippen molar-refractivity contribution in [2.75, 3.05) is 0 Å². The molecule has 24 heavy (non-hydrogen) atoms. The molecule has 1 aromatic heterocycles. The van der Waals surface area contributed by atoms with Gasteiger partial charge in [-0.2, -0.15) is 5.26 Å². The third-order valence-electron chi connectivity index (χ3n) is 4.20. The Kier molecular flexibility index (Phi) is 5.20. The molecule has 0 aliphatic heterocycles. The maximum atomic E-state index is 12.4. The summed E-state index contributed by atoms with van der Waals surface area (Å²) in [4.78, 5) is 16.8. The molecule has 124 valence electrons. The quantitative estimate of drug-likeness (QED) is 0.870. The summed E-state index contributed by atoms with van der Waals surface area (Å²) in [6, 6.07) is 9.37. The predicted octanol–water partition coefficient (Wildman–Crippen LogP) is 3.76. The highest BCUT2D eigenvalue weighted by Gasteiger charge is 2.20. The normalized spacial score (nSPS) is 12.3. The van der Waals surface area contributed by atoms with E-state index in [0.29, 0.717) is 17.5 Å². The second-order valence-corrected chi connectivity index (χ2v) is 5.88. The van der Waals surface area contributed by atoms with E-state index in [2.05, 4.69) is 4.99 Å². The van der Waals surface area contributed by atoms with Gasteiger partial charge in [0.15, 0.2) is 0 Å². The van der Waals surface area contributed by atoms with Crippen LogP contribution in [0.5, 0.6) is 5.88 Å². The van der Waals surface area contributed by atoms with E-state index in [1.54, 1.807) is 6.92 Å². The van der Waals surface area contributed by atoms with Crippen LogP contribution in [-0.4, -0.2) is 15.9 Å². The Morgan fingerprint density at radius 1 is 1.33 bits per heavy atom. The molecule has 0 aliphatic carbocycles. The summed E-state index contributed by atoms with van der Waals surface area (Å²) >= 11 is 0. The smallest absolute Gasteiger partial charge is 0.271 e. The minimum Gasteiger partial charge on any atom is -0.494 e. The van der Waals surface area contributed by atoms with Gasteiger partial charge in [0.1, 0.15) is 11.6 Å². The fraction of sp³-hybridized carbons (Fsp3) is 0.316. The molecule has 1 unspecified atom stereocenters.